The number of hydrogen-bond donors (Lipinski definition) is 0. The Morgan fingerprint density at radius 1 is 1.42 bits per heavy atom. The third-order valence-electron chi connectivity index (χ3n) is 3.35. The Balaban J connectivity index is 2.26. The normalized spacial score (nSPS) is 10.5. The quantitative estimate of drug-likeness (QED) is 0.519. The van der Waals surface area contributed by atoms with Gasteiger partial charge in [0.05, 0.1) is 17.9 Å². The smallest absolute Gasteiger partial charge is 0.350 e. The molecule has 0 amide bonds. The largest absolute Gasteiger partial charge is 0.492 e. The first-order valence-electron chi connectivity index (χ1n) is 8.28. The lowest BCUT2D eigenvalue weighted by Gasteiger charge is -2.10. The molecule has 0 fully saturated rings. The van der Waals surface area contributed by atoms with Crippen molar-refractivity contribution in [3.05, 3.63) is 46.5 Å². The first-order valence-corrected chi connectivity index (χ1v) is 9.09. The van der Waals surface area contributed by atoms with Crippen molar-refractivity contribution in [2.75, 3.05) is 13.2 Å². The Bertz CT molecular complexity index is 862. The lowest BCUT2D eigenvalue weighted by molar-refractivity contribution is 0.0545. The number of aromatic nitrogens is 1. The van der Waals surface area contributed by atoms with Gasteiger partial charge in [0.1, 0.15) is 28.3 Å². The predicted molar refractivity (Wildman–Crippen MR) is 102 cm³/mol. The van der Waals surface area contributed by atoms with Crippen LogP contribution in [0.1, 0.15) is 41.7 Å². The van der Waals surface area contributed by atoms with Crippen LogP contribution in [0.25, 0.3) is 10.6 Å². The average Bonchev–Trinajstić information content (AvgIpc) is 2.99. The number of aryl methyl sites for hydroxylation is 1. The van der Waals surface area contributed by atoms with E-state index in [1.54, 1.807) is 26.0 Å². The summed E-state index contributed by atoms with van der Waals surface area (Å²) in [6.07, 6.45) is 0. The average molecular weight is 370 g/mol. The first-order chi connectivity index (χ1) is 12.3. The summed E-state index contributed by atoms with van der Waals surface area (Å²) in [4.78, 5) is 17.1. The van der Waals surface area contributed by atoms with E-state index in [4.69, 9.17) is 9.47 Å². The minimum Gasteiger partial charge on any atom is -0.492 e. The first kappa shape index (κ1) is 19.7. The Kier molecular flexibility index (Phi) is 6.53. The van der Waals surface area contributed by atoms with E-state index < -0.39 is 5.97 Å². The van der Waals surface area contributed by atoms with E-state index in [2.05, 4.69) is 17.6 Å². The van der Waals surface area contributed by atoms with Crippen LogP contribution in [0.5, 0.6) is 5.75 Å². The summed E-state index contributed by atoms with van der Waals surface area (Å²) in [6.45, 7) is 12.1. The van der Waals surface area contributed by atoms with Crippen LogP contribution in [0.4, 0.5) is 0 Å². The van der Waals surface area contributed by atoms with Crippen molar-refractivity contribution >= 4 is 17.3 Å². The van der Waals surface area contributed by atoms with Gasteiger partial charge in [-0.1, -0.05) is 20.4 Å². The molecule has 0 aliphatic carbocycles. The fourth-order valence-corrected chi connectivity index (χ4v) is 3.05. The number of esters is 1. The number of carbonyl (C=O) groups is 1. The lowest BCUT2D eigenvalue weighted by Crippen LogP contribution is -2.06. The molecular formula is C20H22N2O3S. The molecule has 5 nitrogen and oxygen atoms in total. The molecule has 1 aromatic heterocycles. The monoisotopic (exact) mass is 370 g/mol. The number of rotatable bonds is 7. The standard InChI is InChI=1S/C20H22N2O3S/c1-12(2)10-24-17-7-6-15(8-16(17)9-21)19-22-14(5)18(26-19)20(23)25-11-13(3)4/h6-8,12H,3,10-11H2,1-2,4-5H3. The van der Waals surface area contributed by atoms with Gasteiger partial charge in [-0.05, 0) is 43.5 Å². The minimum atomic E-state index is -0.411. The van der Waals surface area contributed by atoms with E-state index in [9.17, 15) is 10.1 Å². The van der Waals surface area contributed by atoms with Gasteiger partial charge in [0, 0.05) is 5.56 Å². The predicted octanol–water partition coefficient (Wildman–Crippen LogP) is 4.76. The minimum absolute atomic E-state index is 0.186. The molecule has 0 atom stereocenters. The Hall–Kier alpha value is -2.65. The second-order valence-corrected chi connectivity index (χ2v) is 7.49. The van der Waals surface area contributed by atoms with Crippen LogP contribution in [-0.4, -0.2) is 24.2 Å². The molecule has 2 aromatic rings. The second kappa shape index (κ2) is 8.63. The molecule has 0 radical (unpaired) electrons. The number of ether oxygens (including phenoxy) is 2. The molecule has 0 saturated carbocycles. The van der Waals surface area contributed by atoms with Gasteiger partial charge in [0.25, 0.3) is 0 Å². The van der Waals surface area contributed by atoms with Gasteiger partial charge < -0.3 is 9.47 Å². The lowest BCUT2D eigenvalue weighted by atomic mass is 10.1. The van der Waals surface area contributed by atoms with Gasteiger partial charge in [-0.2, -0.15) is 5.26 Å². The molecule has 0 bridgehead atoms. The maximum absolute atomic E-state index is 12.2. The molecule has 136 valence electrons. The van der Waals surface area contributed by atoms with Crippen LogP contribution in [0.2, 0.25) is 0 Å². The van der Waals surface area contributed by atoms with E-state index in [0.29, 0.717) is 39.4 Å². The summed E-state index contributed by atoms with van der Waals surface area (Å²) >= 11 is 1.25. The maximum atomic E-state index is 12.2. The van der Waals surface area contributed by atoms with Gasteiger partial charge in [0.15, 0.2) is 0 Å². The topological polar surface area (TPSA) is 72.2 Å². The second-order valence-electron chi connectivity index (χ2n) is 6.49. The van der Waals surface area contributed by atoms with Crippen molar-refractivity contribution in [1.29, 1.82) is 5.26 Å². The molecule has 2 rings (SSSR count). The van der Waals surface area contributed by atoms with Crippen LogP contribution in [0.15, 0.2) is 30.4 Å². The summed E-state index contributed by atoms with van der Waals surface area (Å²) in [6, 6.07) is 7.50. The highest BCUT2D eigenvalue weighted by Crippen LogP contribution is 2.31. The van der Waals surface area contributed by atoms with Crippen LogP contribution in [0, 0.1) is 24.2 Å². The van der Waals surface area contributed by atoms with E-state index in [1.807, 2.05) is 19.9 Å². The summed E-state index contributed by atoms with van der Waals surface area (Å²) in [5.41, 5.74) is 2.60. The molecule has 0 unspecified atom stereocenters. The SMILES string of the molecule is C=C(C)COC(=O)c1sc(-c2ccc(OCC(C)C)c(C#N)c2)nc1C. The number of benzene rings is 1. The number of carbonyl (C=O) groups excluding carboxylic acids is 1. The third kappa shape index (κ3) is 4.93. The zero-order chi connectivity index (χ0) is 19.3. The van der Waals surface area contributed by atoms with E-state index in [-0.39, 0.29) is 6.61 Å². The van der Waals surface area contributed by atoms with Crippen molar-refractivity contribution in [2.24, 2.45) is 5.92 Å². The molecule has 0 aliphatic heterocycles. The van der Waals surface area contributed by atoms with E-state index in [1.165, 1.54) is 11.3 Å². The van der Waals surface area contributed by atoms with Crippen molar-refractivity contribution in [1.82, 2.24) is 4.98 Å². The van der Waals surface area contributed by atoms with E-state index >= 15 is 0 Å². The van der Waals surface area contributed by atoms with Crippen molar-refractivity contribution < 1.29 is 14.3 Å². The Morgan fingerprint density at radius 2 is 2.15 bits per heavy atom. The summed E-state index contributed by atoms with van der Waals surface area (Å²) in [5.74, 6) is 0.515. The van der Waals surface area contributed by atoms with Crippen molar-refractivity contribution in [2.45, 2.75) is 27.7 Å². The molecule has 6 heteroatoms. The van der Waals surface area contributed by atoms with Gasteiger partial charge in [-0.15, -0.1) is 11.3 Å². The van der Waals surface area contributed by atoms with E-state index in [0.717, 1.165) is 11.1 Å². The molecular weight excluding hydrogens is 348 g/mol. The van der Waals surface area contributed by atoms with Crippen LogP contribution < -0.4 is 4.74 Å². The fourth-order valence-electron chi connectivity index (χ4n) is 2.10. The zero-order valence-electron chi connectivity index (χ0n) is 15.5. The third-order valence-corrected chi connectivity index (χ3v) is 4.54. The highest BCUT2D eigenvalue weighted by atomic mass is 32.1. The van der Waals surface area contributed by atoms with Crippen molar-refractivity contribution in [3.63, 3.8) is 0 Å². The van der Waals surface area contributed by atoms with Gasteiger partial charge >= 0.3 is 5.97 Å². The summed E-state index contributed by atoms with van der Waals surface area (Å²) in [5, 5.41) is 10.1. The Labute approximate surface area is 157 Å². The molecule has 1 aromatic carbocycles. The highest BCUT2D eigenvalue weighted by Gasteiger charge is 2.18. The van der Waals surface area contributed by atoms with Crippen LogP contribution in [-0.2, 0) is 4.74 Å². The number of thiazole rings is 1. The zero-order valence-corrected chi connectivity index (χ0v) is 16.3. The molecule has 1 heterocycles. The van der Waals surface area contributed by atoms with Gasteiger partial charge in [-0.3, -0.25) is 0 Å². The van der Waals surface area contributed by atoms with Gasteiger partial charge in [0.2, 0.25) is 0 Å². The molecule has 0 aliphatic rings. The summed E-state index contributed by atoms with van der Waals surface area (Å²) in [7, 11) is 0. The number of nitrogens with zero attached hydrogens (tertiary/aromatic N) is 2. The Morgan fingerprint density at radius 3 is 2.77 bits per heavy atom. The maximum Gasteiger partial charge on any atom is 0.350 e. The number of nitriles is 1. The van der Waals surface area contributed by atoms with Gasteiger partial charge in [-0.25, -0.2) is 9.78 Å². The van der Waals surface area contributed by atoms with Crippen LogP contribution >= 0.6 is 11.3 Å². The molecule has 26 heavy (non-hydrogen) atoms. The molecule has 0 saturated heterocycles. The van der Waals surface area contributed by atoms with Crippen molar-refractivity contribution in [3.8, 4) is 22.4 Å². The number of hydrogen-bond acceptors (Lipinski definition) is 6. The molecule has 0 spiro atoms. The fraction of sp³-hybridized carbons (Fsp3) is 0.350. The van der Waals surface area contributed by atoms with Crippen LogP contribution in [0.3, 0.4) is 0 Å². The summed E-state index contributed by atoms with van der Waals surface area (Å²) < 4.78 is 10.9. The highest BCUT2D eigenvalue weighted by molar-refractivity contribution is 7.17. The molecule has 0 N–H and O–H groups in total.